The maximum atomic E-state index is 12.7. The average Bonchev–Trinajstić information content (AvgIpc) is 2.77. The Morgan fingerprint density at radius 3 is 2.34 bits per heavy atom. The number of sulfonamides is 1. The number of ether oxygens (including phenoxy) is 2. The highest BCUT2D eigenvalue weighted by molar-refractivity contribution is 7.89. The van der Waals surface area contributed by atoms with Crippen LogP contribution in [0.4, 0.5) is 0 Å². The third-order valence-corrected chi connectivity index (χ3v) is 6.86. The summed E-state index contributed by atoms with van der Waals surface area (Å²) in [4.78, 5) is 24.9. The molecule has 0 fully saturated rings. The van der Waals surface area contributed by atoms with Crippen molar-refractivity contribution < 1.29 is 27.5 Å². The molecular formula is C22H27ClN2O6S. The number of hydrogen-bond donors (Lipinski definition) is 1. The molecule has 1 amide bonds. The molecule has 0 aliphatic heterocycles. The van der Waals surface area contributed by atoms with Gasteiger partial charge < -0.3 is 14.8 Å². The fourth-order valence-electron chi connectivity index (χ4n) is 2.94. The van der Waals surface area contributed by atoms with Crippen molar-refractivity contribution in [3.8, 4) is 5.75 Å². The number of rotatable bonds is 10. The van der Waals surface area contributed by atoms with Crippen LogP contribution in [0.5, 0.6) is 5.75 Å². The molecule has 0 saturated carbocycles. The predicted octanol–water partition coefficient (Wildman–Crippen LogP) is 2.75. The van der Waals surface area contributed by atoms with Gasteiger partial charge in [-0.25, -0.2) is 12.7 Å². The Hall–Kier alpha value is -2.62. The minimum atomic E-state index is -3.74. The number of nitrogens with one attached hydrogen (secondary N) is 1. The third kappa shape index (κ3) is 6.44. The summed E-state index contributed by atoms with van der Waals surface area (Å²) in [6.45, 7) is 2.43. The van der Waals surface area contributed by atoms with Gasteiger partial charge in [-0.2, -0.15) is 0 Å². The molecule has 0 spiro atoms. The van der Waals surface area contributed by atoms with Gasteiger partial charge in [0.05, 0.1) is 35.1 Å². The van der Waals surface area contributed by atoms with Crippen molar-refractivity contribution in [2.45, 2.75) is 18.2 Å². The van der Waals surface area contributed by atoms with Crippen molar-refractivity contribution >= 4 is 33.5 Å². The lowest BCUT2D eigenvalue weighted by Gasteiger charge is -2.17. The van der Waals surface area contributed by atoms with Gasteiger partial charge in [-0.3, -0.25) is 9.59 Å². The largest absolute Gasteiger partial charge is 0.494 e. The zero-order valence-corrected chi connectivity index (χ0v) is 20.0. The Kier molecular flexibility index (Phi) is 9.06. The first-order valence-electron chi connectivity index (χ1n) is 9.90. The molecule has 0 aromatic heterocycles. The summed E-state index contributed by atoms with van der Waals surface area (Å²) in [6.07, 6.45) is 0.335. The summed E-state index contributed by atoms with van der Waals surface area (Å²) in [7, 11) is 0.332. The molecule has 174 valence electrons. The fourth-order valence-corrected chi connectivity index (χ4v) is 4.07. The molecule has 0 unspecified atom stereocenters. The van der Waals surface area contributed by atoms with E-state index in [1.165, 1.54) is 39.4 Å². The lowest BCUT2D eigenvalue weighted by atomic mass is 9.99. The molecule has 2 aromatic carbocycles. The molecule has 2 aromatic rings. The first kappa shape index (κ1) is 25.6. The van der Waals surface area contributed by atoms with Crippen LogP contribution in [-0.2, 0) is 26.0 Å². The van der Waals surface area contributed by atoms with Gasteiger partial charge >= 0.3 is 5.97 Å². The summed E-state index contributed by atoms with van der Waals surface area (Å²) in [5.74, 6) is -0.989. The van der Waals surface area contributed by atoms with Crippen LogP contribution in [0.2, 0.25) is 5.02 Å². The SMILES string of the molecule is CCOc1ccc(C[C@H](CNC(=O)c2cc(S(=O)(=O)N(C)C)ccc2Cl)C(=O)OC)cc1. The van der Waals surface area contributed by atoms with Crippen LogP contribution in [0.1, 0.15) is 22.8 Å². The van der Waals surface area contributed by atoms with Crippen molar-refractivity contribution in [1.82, 2.24) is 9.62 Å². The quantitative estimate of drug-likeness (QED) is 0.522. The zero-order valence-electron chi connectivity index (χ0n) is 18.4. The maximum Gasteiger partial charge on any atom is 0.310 e. The number of hydrogen-bond acceptors (Lipinski definition) is 6. The van der Waals surface area contributed by atoms with E-state index >= 15 is 0 Å². The molecule has 10 heteroatoms. The van der Waals surface area contributed by atoms with E-state index < -0.39 is 27.8 Å². The number of methoxy groups -OCH3 is 1. The fraction of sp³-hybridized carbons (Fsp3) is 0.364. The molecule has 32 heavy (non-hydrogen) atoms. The number of nitrogens with zero attached hydrogens (tertiary/aromatic N) is 1. The van der Waals surface area contributed by atoms with Crippen molar-refractivity contribution in [3.63, 3.8) is 0 Å². The second kappa shape index (κ2) is 11.3. The maximum absolute atomic E-state index is 12.7. The van der Waals surface area contributed by atoms with Gasteiger partial charge in [0.15, 0.2) is 0 Å². The van der Waals surface area contributed by atoms with Crippen molar-refractivity contribution in [1.29, 1.82) is 0 Å². The van der Waals surface area contributed by atoms with Crippen LogP contribution in [0.25, 0.3) is 0 Å². The predicted molar refractivity (Wildman–Crippen MR) is 121 cm³/mol. The van der Waals surface area contributed by atoms with E-state index in [-0.39, 0.29) is 22.0 Å². The summed E-state index contributed by atoms with van der Waals surface area (Å²) < 4.78 is 36.1. The van der Waals surface area contributed by atoms with Gasteiger partial charge in [0.25, 0.3) is 5.91 Å². The number of carbonyl (C=O) groups excluding carboxylic acids is 2. The molecular weight excluding hydrogens is 456 g/mol. The van der Waals surface area contributed by atoms with Gasteiger partial charge in [0.1, 0.15) is 5.75 Å². The number of esters is 1. The highest BCUT2D eigenvalue weighted by Crippen LogP contribution is 2.22. The Balaban J connectivity index is 2.16. The first-order valence-corrected chi connectivity index (χ1v) is 11.7. The van der Waals surface area contributed by atoms with Crippen LogP contribution in [0.3, 0.4) is 0 Å². The zero-order chi connectivity index (χ0) is 23.9. The van der Waals surface area contributed by atoms with Crippen LogP contribution >= 0.6 is 11.6 Å². The van der Waals surface area contributed by atoms with Gasteiger partial charge in [0.2, 0.25) is 10.0 Å². The summed E-state index contributed by atoms with van der Waals surface area (Å²) >= 11 is 6.12. The minimum Gasteiger partial charge on any atom is -0.494 e. The van der Waals surface area contributed by atoms with Crippen molar-refractivity contribution in [2.75, 3.05) is 34.4 Å². The molecule has 0 bridgehead atoms. The van der Waals surface area contributed by atoms with E-state index in [1.54, 1.807) is 0 Å². The molecule has 0 aliphatic rings. The molecule has 0 radical (unpaired) electrons. The number of amides is 1. The van der Waals surface area contributed by atoms with E-state index in [9.17, 15) is 18.0 Å². The first-order chi connectivity index (χ1) is 15.1. The van der Waals surface area contributed by atoms with E-state index in [2.05, 4.69) is 5.32 Å². The van der Waals surface area contributed by atoms with Gasteiger partial charge in [0, 0.05) is 20.6 Å². The van der Waals surface area contributed by atoms with Crippen LogP contribution in [-0.4, -0.2) is 59.0 Å². The summed E-state index contributed by atoms with van der Waals surface area (Å²) in [5.41, 5.74) is 0.870. The molecule has 0 saturated heterocycles. The van der Waals surface area contributed by atoms with Gasteiger partial charge in [-0.15, -0.1) is 0 Å². The van der Waals surface area contributed by atoms with E-state index in [0.29, 0.717) is 13.0 Å². The monoisotopic (exact) mass is 482 g/mol. The lowest BCUT2D eigenvalue weighted by molar-refractivity contribution is -0.145. The molecule has 0 heterocycles. The molecule has 0 aliphatic carbocycles. The standard InChI is InChI=1S/C22H27ClN2O6S/c1-5-31-17-8-6-15(7-9-17)12-16(22(27)30-4)14-24-21(26)19-13-18(10-11-20(19)23)32(28,29)25(2)3/h6-11,13,16H,5,12,14H2,1-4H3,(H,24,26)/t16-/m1/s1. The molecule has 1 atom stereocenters. The summed E-state index contributed by atoms with van der Waals surface area (Å²) in [6, 6.07) is 11.2. The summed E-state index contributed by atoms with van der Waals surface area (Å²) in [5, 5.41) is 2.76. The highest BCUT2D eigenvalue weighted by Gasteiger charge is 2.24. The second-order valence-corrected chi connectivity index (χ2v) is 9.70. The third-order valence-electron chi connectivity index (χ3n) is 4.72. The van der Waals surface area contributed by atoms with Crippen LogP contribution < -0.4 is 10.1 Å². The number of benzene rings is 2. The van der Waals surface area contributed by atoms with Gasteiger partial charge in [-0.1, -0.05) is 23.7 Å². The Bertz CT molecular complexity index is 1050. The van der Waals surface area contributed by atoms with Crippen molar-refractivity contribution in [3.05, 3.63) is 58.6 Å². The van der Waals surface area contributed by atoms with E-state index in [1.807, 2.05) is 31.2 Å². The van der Waals surface area contributed by atoms with E-state index in [4.69, 9.17) is 21.1 Å². The van der Waals surface area contributed by atoms with Gasteiger partial charge in [-0.05, 0) is 49.2 Å². The molecule has 2 rings (SSSR count). The van der Waals surface area contributed by atoms with Crippen molar-refractivity contribution in [2.24, 2.45) is 5.92 Å². The topological polar surface area (TPSA) is 102 Å². The molecule has 8 nitrogen and oxygen atoms in total. The smallest absolute Gasteiger partial charge is 0.310 e. The van der Waals surface area contributed by atoms with E-state index in [0.717, 1.165) is 15.6 Å². The normalized spacial score (nSPS) is 12.3. The Morgan fingerprint density at radius 2 is 1.78 bits per heavy atom. The number of halogens is 1. The minimum absolute atomic E-state index is 0.000671. The molecule has 1 N–H and O–H groups in total. The Labute approximate surface area is 193 Å². The average molecular weight is 483 g/mol. The lowest BCUT2D eigenvalue weighted by Crippen LogP contribution is -2.35. The highest BCUT2D eigenvalue weighted by atomic mass is 35.5. The van der Waals surface area contributed by atoms with Crippen LogP contribution in [0.15, 0.2) is 47.4 Å². The van der Waals surface area contributed by atoms with Crippen LogP contribution in [0, 0.1) is 5.92 Å². The Morgan fingerprint density at radius 1 is 1.12 bits per heavy atom. The number of carbonyl (C=O) groups is 2. The second-order valence-electron chi connectivity index (χ2n) is 7.14.